The Morgan fingerprint density at radius 2 is 2.28 bits per heavy atom. The van der Waals surface area contributed by atoms with Gasteiger partial charge >= 0.3 is 0 Å². The molecule has 0 bridgehead atoms. The van der Waals surface area contributed by atoms with Crippen LogP contribution in [0.4, 0.5) is 5.82 Å². The van der Waals surface area contributed by atoms with E-state index in [4.69, 9.17) is 10.5 Å². The second-order valence-electron chi connectivity index (χ2n) is 4.93. The van der Waals surface area contributed by atoms with E-state index < -0.39 is 0 Å². The summed E-state index contributed by atoms with van der Waals surface area (Å²) in [4.78, 5) is 7.01. The van der Waals surface area contributed by atoms with Crippen LogP contribution in [0.1, 0.15) is 30.2 Å². The molecule has 100 valence electrons. The third kappa shape index (κ3) is 2.65. The van der Waals surface area contributed by atoms with Crippen molar-refractivity contribution in [2.75, 3.05) is 24.6 Å². The van der Waals surface area contributed by atoms with Crippen LogP contribution in [0.5, 0.6) is 0 Å². The first-order valence-electron chi connectivity index (χ1n) is 6.69. The molecule has 0 spiro atoms. The van der Waals surface area contributed by atoms with E-state index in [1.807, 2.05) is 6.92 Å². The maximum Gasteiger partial charge on any atom is 0.133 e. The highest BCUT2D eigenvalue weighted by molar-refractivity contribution is 5.52. The number of aromatic nitrogens is 1. The number of hydrogen-bond donors (Lipinski definition) is 1. The van der Waals surface area contributed by atoms with Crippen LogP contribution in [0, 0.1) is 13.8 Å². The molecule has 0 radical (unpaired) electrons. The van der Waals surface area contributed by atoms with Gasteiger partial charge in [-0.25, -0.2) is 4.98 Å². The molecule has 1 aliphatic heterocycles. The minimum atomic E-state index is 0.312. The van der Waals surface area contributed by atoms with E-state index >= 15 is 0 Å². The molecule has 1 saturated heterocycles. The van der Waals surface area contributed by atoms with Gasteiger partial charge in [0.1, 0.15) is 5.82 Å². The zero-order valence-corrected chi connectivity index (χ0v) is 11.6. The number of anilines is 1. The van der Waals surface area contributed by atoms with Gasteiger partial charge in [0, 0.05) is 30.9 Å². The minimum Gasteiger partial charge on any atom is -0.375 e. The zero-order chi connectivity index (χ0) is 13.1. The second kappa shape index (κ2) is 5.67. The van der Waals surface area contributed by atoms with Crippen LogP contribution in [0.3, 0.4) is 0 Å². The summed E-state index contributed by atoms with van der Waals surface area (Å²) in [5.74, 6) is 1.05. The monoisotopic (exact) mass is 249 g/mol. The van der Waals surface area contributed by atoms with Crippen molar-refractivity contribution in [2.45, 2.75) is 39.8 Å². The number of nitrogens with zero attached hydrogens (tertiary/aromatic N) is 2. The fourth-order valence-corrected chi connectivity index (χ4v) is 2.52. The van der Waals surface area contributed by atoms with E-state index in [9.17, 15) is 0 Å². The first-order valence-corrected chi connectivity index (χ1v) is 6.69. The molecule has 2 rings (SSSR count). The largest absolute Gasteiger partial charge is 0.375 e. The zero-order valence-electron chi connectivity index (χ0n) is 11.6. The molecule has 1 unspecified atom stereocenters. The van der Waals surface area contributed by atoms with Crippen molar-refractivity contribution in [1.29, 1.82) is 0 Å². The van der Waals surface area contributed by atoms with Crippen molar-refractivity contribution < 1.29 is 4.74 Å². The fraction of sp³-hybridized carbons (Fsp3) is 0.643. The highest BCUT2D eigenvalue weighted by Crippen LogP contribution is 2.24. The Hall–Kier alpha value is -1.13. The lowest BCUT2D eigenvalue weighted by atomic mass is 10.1. The van der Waals surface area contributed by atoms with E-state index in [-0.39, 0.29) is 0 Å². The molecule has 4 heteroatoms. The Morgan fingerprint density at radius 3 is 2.94 bits per heavy atom. The Morgan fingerprint density at radius 1 is 1.50 bits per heavy atom. The second-order valence-corrected chi connectivity index (χ2v) is 4.93. The molecule has 2 heterocycles. The molecule has 0 aliphatic carbocycles. The van der Waals surface area contributed by atoms with E-state index in [1.165, 1.54) is 5.56 Å². The summed E-state index contributed by atoms with van der Waals surface area (Å²) < 4.78 is 5.71. The van der Waals surface area contributed by atoms with Crippen LogP contribution in [0.15, 0.2) is 6.07 Å². The van der Waals surface area contributed by atoms with Crippen LogP contribution in [-0.2, 0) is 11.3 Å². The van der Waals surface area contributed by atoms with Crippen molar-refractivity contribution in [3.63, 3.8) is 0 Å². The van der Waals surface area contributed by atoms with Crippen LogP contribution in [-0.4, -0.2) is 30.8 Å². The van der Waals surface area contributed by atoms with Gasteiger partial charge < -0.3 is 15.4 Å². The summed E-state index contributed by atoms with van der Waals surface area (Å²) in [6.07, 6.45) is 1.35. The summed E-state index contributed by atoms with van der Waals surface area (Å²) >= 11 is 0. The van der Waals surface area contributed by atoms with Crippen LogP contribution in [0.2, 0.25) is 0 Å². The fourth-order valence-electron chi connectivity index (χ4n) is 2.52. The van der Waals surface area contributed by atoms with Gasteiger partial charge in [0.05, 0.1) is 12.7 Å². The predicted octanol–water partition coefficient (Wildman–Crippen LogP) is 1.77. The summed E-state index contributed by atoms with van der Waals surface area (Å²) in [6.45, 7) is 9.44. The predicted molar refractivity (Wildman–Crippen MR) is 73.8 cm³/mol. The first-order chi connectivity index (χ1) is 8.65. The summed E-state index contributed by atoms with van der Waals surface area (Å²) in [5.41, 5.74) is 9.33. The van der Waals surface area contributed by atoms with Gasteiger partial charge in [-0.05, 0) is 31.9 Å². The number of aryl methyl sites for hydroxylation is 2. The molecule has 0 saturated carbocycles. The van der Waals surface area contributed by atoms with Gasteiger partial charge in [0.15, 0.2) is 0 Å². The summed E-state index contributed by atoms with van der Waals surface area (Å²) in [5, 5.41) is 0. The van der Waals surface area contributed by atoms with Crippen molar-refractivity contribution in [1.82, 2.24) is 4.98 Å². The molecule has 18 heavy (non-hydrogen) atoms. The number of pyridine rings is 1. The number of ether oxygens (including phenoxy) is 1. The number of nitrogens with two attached hydrogens (primary N) is 1. The lowest BCUT2D eigenvalue weighted by molar-refractivity contribution is 0.0381. The first kappa shape index (κ1) is 13.3. The third-order valence-corrected chi connectivity index (χ3v) is 3.55. The van der Waals surface area contributed by atoms with Crippen molar-refractivity contribution >= 4 is 5.82 Å². The van der Waals surface area contributed by atoms with E-state index in [0.717, 1.165) is 43.2 Å². The molecule has 1 aromatic rings. The molecule has 1 aromatic heterocycles. The normalized spacial score (nSPS) is 20.2. The SMILES string of the molecule is CCC1CN(c2nc(C)cc(C)c2CN)CCO1. The minimum absolute atomic E-state index is 0.312. The van der Waals surface area contributed by atoms with Gasteiger partial charge in [-0.15, -0.1) is 0 Å². The van der Waals surface area contributed by atoms with Crippen molar-refractivity contribution in [3.8, 4) is 0 Å². The van der Waals surface area contributed by atoms with Gasteiger partial charge in [0.25, 0.3) is 0 Å². The van der Waals surface area contributed by atoms with E-state index in [2.05, 4.69) is 29.8 Å². The smallest absolute Gasteiger partial charge is 0.133 e. The third-order valence-electron chi connectivity index (χ3n) is 3.55. The average Bonchev–Trinajstić information content (AvgIpc) is 2.38. The van der Waals surface area contributed by atoms with Gasteiger partial charge in [0.2, 0.25) is 0 Å². The highest BCUT2D eigenvalue weighted by atomic mass is 16.5. The molecule has 2 N–H and O–H groups in total. The van der Waals surface area contributed by atoms with Crippen molar-refractivity contribution in [2.24, 2.45) is 5.73 Å². The molecule has 1 atom stereocenters. The molecule has 0 aromatic carbocycles. The molecule has 1 fully saturated rings. The van der Waals surface area contributed by atoms with Gasteiger partial charge in [-0.2, -0.15) is 0 Å². The van der Waals surface area contributed by atoms with E-state index in [1.54, 1.807) is 0 Å². The van der Waals surface area contributed by atoms with Crippen LogP contribution < -0.4 is 10.6 Å². The summed E-state index contributed by atoms with van der Waals surface area (Å²) in [6, 6.07) is 2.10. The molecular weight excluding hydrogens is 226 g/mol. The number of hydrogen-bond acceptors (Lipinski definition) is 4. The van der Waals surface area contributed by atoms with Gasteiger partial charge in [-0.1, -0.05) is 6.92 Å². The van der Waals surface area contributed by atoms with Crippen LogP contribution >= 0.6 is 0 Å². The van der Waals surface area contributed by atoms with E-state index in [0.29, 0.717) is 12.6 Å². The Balaban J connectivity index is 2.31. The number of morpholine rings is 1. The van der Waals surface area contributed by atoms with Gasteiger partial charge in [-0.3, -0.25) is 0 Å². The maximum absolute atomic E-state index is 5.88. The number of rotatable bonds is 3. The average molecular weight is 249 g/mol. The standard InChI is InChI=1S/C14H23N3O/c1-4-12-9-17(5-6-18-12)14-13(8-15)10(2)7-11(3)16-14/h7,12H,4-6,8-9,15H2,1-3H3. The lowest BCUT2D eigenvalue weighted by Crippen LogP contribution is -2.43. The topological polar surface area (TPSA) is 51.4 Å². The molecule has 1 aliphatic rings. The highest BCUT2D eigenvalue weighted by Gasteiger charge is 2.22. The van der Waals surface area contributed by atoms with Crippen LogP contribution in [0.25, 0.3) is 0 Å². The Kier molecular flexibility index (Phi) is 4.19. The molecule has 4 nitrogen and oxygen atoms in total. The quantitative estimate of drug-likeness (QED) is 0.887. The summed E-state index contributed by atoms with van der Waals surface area (Å²) in [7, 11) is 0. The van der Waals surface area contributed by atoms with Crippen molar-refractivity contribution in [3.05, 3.63) is 22.9 Å². The maximum atomic E-state index is 5.88. The molecule has 0 amide bonds. The molecular formula is C14H23N3O. The Bertz CT molecular complexity index is 420. The Labute approximate surface area is 109 Å². The lowest BCUT2D eigenvalue weighted by Gasteiger charge is -2.34.